The van der Waals surface area contributed by atoms with E-state index < -0.39 is 0 Å². The van der Waals surface area contributed by atoms with Gasteiger partial charge in [-0.15, -0.1) is 5.10 Å². The highest BCUT2D eigenvalue weighted by Gasteiger charge is 2.01. The zero-order valence-corrected chi connectivity index (χ0v) is 13.9. The molecule has 7 heteroatoms. The number of methoxy groups -OCH3 is 1. The number of hydrogen-bond donors (Lipinski definition) is 2. The van der Waals surface area contributed by atoms with Gasteiger partial charge < -0.3 is 20.3 Å². The monoisotopic (exact) mass is 316 g/mol. The van der Waals surface area contributed by atoms with Crippen molar-refractivity contribution in [1.29, 1.82) is 0 Å². The maximum atomic E-state index is 5.15. The fourth-order valence-electron chi connectivity index (χ4n) is 1.98. The van der Waals surface area contributed by atoms with Crippen LogP contribution in [0.2, 0.25) is 0 Å². The molecule has 1 aromatic heterocycles. The Bertz CT molecular complexity index is 587. The number of nitrogens with one attached hydrogen (secondary N) is 2. The summed E-state index contributed by atoms with van der Waals surface area (Å²) in [6.45, 7) is 2.50. The Morgan fingerprint density at radius 2 is 1.87 bits per heavy atom. The average molecular weight is 316 g/mol. The molecule has 2 rings (SSSR count). The molecule has 0 saturated carbocycles. The molecule has 1 aromatic carbocycles. The van der Waals surface area contributed by atoms with Gasteiger partial charge in [0.05, 0.1) is 13.3 Å². The molecular formula is C16H24N6O. The molecule has 23 heavy (non-hydrogen) atoms. The zero-order valence-electron chi connectivity index (χ0n) is 13.9. The lowest BCUT2D eigenvalue weighted by Crippen LogP contribution is -2.21. The van der Waals surface area contributed by atoms with Crippen LogP contribution in [0.15, 0.2) is 30.5 Å². The van der Waals surface area contributed by atoms with Crippen molar-refractivity contribution in [3.63, 3.8) is 0 Å². The molecule has 0 aliphatic heterocycles. The summed E-state index contributed by atoms with van der Waals surface area (Å²) in [5.74, 6) is 2.13. The number of aromatic nitrogens is 3. The van der Waals surface area contributed by atoms with Crippen LogP contribution in [0, 0.1) is 0 Å². The fraction of sp³-hybridized carbons (Fsp3) is 0.438. The third-order valence-corrected chi connectivity index (χ3v) is 3.28. The second-order valence-corrected chi connectivity index (χ2v) is 5.42. The first kappa shape index (κ1) is 17.0. The highest BCUT2D eigenvalue weighted by Crippen LogP contribution is 2.11. The molecule has 0 saturated heterocycles. The first-order valence-corrected chi connectivity index (χ1v) is 7.62. The van der Waals surface area contributed by atoms with Gasteiger partial charge in [-0.1, -0.05) is 12.1 Å². The lowest BCUT2D eigenvalue weighted by atomic mass is 10.1. The van der Waals surface area contributed by atoms with Crippen LogP contribution >= 0.6 is 0 Å². The van der Waals surface area contributed by atoms with Crippen molar-refractivity contribution in [3.05, 3.63) is 36.0 Å². The Morgan fingerprint density at radius 1 is 1.09 bits per heavy atom. The van der Waals surface area contributed by atoms with E-state index in [2.05, 4.69) is 42.8 Å². The van der Waals surface area contributed by atoms with Crippen LogP contribution in [0.3, 0.4) is 0 Å². The number of benzene rings is 1. The lowest BCUT2D eigenvalue weighted by molar-refractivity contribution is 0.414. The highest BCUT2D eigenvalue weighted by atomic mass is 16.5. The van der Waals surface area contributed by atoms with Crippen molar-refractivity contribution in [1.82, 2.24) is 20.1 Å². The second-order valence-electron chi connectivity index (χ2n) is 5.42. The first-order chi connectivity index (χ1) is 11.2. The minimum atomic E-state index is 0.536. The van der Waals surface area contributed by atoms with Gasteiger partial charge in [0, 0.05) is 19.6 Å². The quantitative estimate of drug-likeness (QED) is 0.726. The smallest absolute Gasteiger partial charge is 0.244 e. The predicted octanol–water partition coefficient (Wildman–Crippen LogP) is 1.51. The summed E-state index contributed by atoms with van der Waals surface area (Å²) in [5.41, 5.74) is 1.23. The summed E-state index contributed by atoms with van der Waals surface area (Å²) in [6, 6.07) is 8.03. The van der Waals surface area contributed by atoms with E-state index >= 15 is 0 Å². The maximum Gasteiger partial charge on any atom is 0.244 e. The largest absolute Gasteiger partial charge is 0.497 e. The molecule has 0 amide bonds. The summed E-state index contributed by atoms with van der Waals surface area (Å²) in [4.78, 5) is 6.50. The Hall–Kier alpha value is -2.41. The molecule has 0 atom stereocenters. The Balaban J connectivity index is 1.78. The number of likely N-dealkylation sites (N-methyl/N-ethyl adjacent to an activating group) is 1. The summed E-state index contributed by atoms with van der Waals surface area (Å²) in [7, 11) is 5.73. The number of rotatable bonds is 9. The predicted molar refractivity (Wildman–Crippen MR) is 92.1 cm³/mol. The van der Waals surface area contributed by atoms with Gasteiger partial charge in [0.15, 0.2) is 5.82 Å². The van der Waals surface area contributed by atoms with Gasteiger partial charge >= 0.3 is 0 Å². The molecular weight excluding hydrogens is 292 g/mol. The van der Waals surface area contributed by atoms with Gasteiger partial charge in [-0.25, -0.2) is 0 Å². The number of nitrogens with zero attached hydrogens (tertiary/aromatic N) is 4. The zero-order chi connectivity index (χ0) is 16.5. The highest BCUT2D eigenvalue weighted by molar-refractivity contribution is 5.37. The maximum absolute atomic E-state index is 5.15. The minimum absolute atomic E-state index is 0.536. The number of hydrogen-bond acceptors (Lipinski definition) is 7. The molecule has 1 heterocycles. The lowest BCUT2D eigenvalue weighted by Gasteiger charge is -2.11. The summed E-state index contributed by atoms with van der Waals surface area (Å²) in [5, 5.41) is 14.4. The standard InChI is InChI=1S/C16H24N6O/c1-22(2)11-10-17-15-12-19-21-16(20-15)18-9-8-13-4-6-14(23-3)7-5-13/h4-7,12H,8-11H2,1-3H3,(H2,17,18,20,21). The van der Waals surface area contributed by atoms with E-state index in [9.17, 15) is 0 Å². The van der Waals surface area contributed by atoms with Crippen molar-refractivity contribution in [2.75, 3.05) is 51.5 Å². The Kier molecular flexibility index (Phi) is 6.56. The van der Waals surface area contributed by atoms with E-state index in [0.717, 1.165) is 37.6 Å². The summed E-state index contributed by atoms with van der Waals surface area (Å²) in [6.07, 6.45) is 2.51. The molecule has 0 aliphatic carbocycles. The SMILES string of the molecule is COc1ccc(CCNc2nncc(NCCN(C)C)n2)cc1. The fourth-order valence-corrected chi connectivity index (χ4v) is 1.98. The van der Waals surface area contributed by atoms with E-state index in [-0.39, 0.29) is 0 Å². The van der Waals surface area contributed by atoms with Crippen LogP contribution in [-0.2, 0) is 6.42 Å². The van der Waals surface area contributed by atoms with Crippen molar-refractivity contribution in [2.24, 2.45) is 0 Å². The molecule has 0 bridgehead atoms. The van der Waals surface area contributed by atoms with Crippen molar-refractivity contribution >= 4 is 11.8 Å². The van der Waals surface area contributed by atoms with Gasteiger partial charge in [0.2, 0.25) is 5.95 Å². The third-order valence-electron chi connectivity index (χ3n) is 3.28. The molecule has 0 radical (unpaired) electrons. The number of anilines is 2. The topological polar surface area (TPSA) is 75.2 Å². The number of ether oxygens (including phenoxy) is 1. The molecule has 0 fully saturated rings. The minimum Gasteiger partial charge on any atom is -0.497 e. The van der Waals surface area contributed by atoms with Crippen LogP contribution in [0.4, 0.5) is 11.8 Å². The van der Waals surface area contributed by atoms with Gasteiger partial charge in [0.25, 0.3) is 0 Å². The van der Waals surface area contributed by atoms with E-state index in [4.69, 9.17) is 4.74 Å². The van der Waals surface area contributed by atoms with Crippen LogP contribution < -0.4 is 15.4 Å². The Labute approximate surface area is 137 Å². The molecule has 124 valence electrons. The molecule has 0 unspecified atom stereocenters. The molecule has 7 nitrogen and oxygen atoms in total. The van der Waals surface area contributed by atoms with Gasteiger partial charge in [-0.3, -0.25) is 0 Å². The van der Waals surface area contributed by atoms with Gasteiger partial charge in [0.1, 0.15) is 5.75 Å². The summed E-state index contributed by atoms with van der Waals surface area (Å²) < 4.78 is 5.15. The molecule has 0 aliphatic rings. The van der Waals surface area contributed by atoms with E-state index in [1.165, 1.54) is 5.56 Å². The first-order valence-electron chi connectivity index (χ1n) is 7.62. The van der Waals surface area contributed by atoms with Crippen molar-refractivity contribution < 1.29 is 4.74 Å². The average Bonchev–Trinajstić information content (AvgIpc) is 2.56. The third kappa shape index (κ3) is 6.07. The van der Waals surface area contributed by atoms with Crippen LogP contribution in [0.5, 0.6) is 5.75 Å². The summed E-state index contributed by atoms with van der Waals surface area (Å²) >= 11 is 0. The normalized spacial score (nSPS) is 10.6. The second kappa shape index (κ2) is 8.89. The van der Waals surface area contributed by atoms with Crippen molar-refractivity contribution in [2.45, 2.75) is 6.42 Å². The van der Waals surface area contributed by atoms with Crippen LogP contribution in [0.25, 0.3) is 0 Å². The van der Waals surface area contributed by atoms with Gasteiger partial charge in [-0.2, -0.15) is 10.1 Å². The molecule has 2 N–H and O–H groups in total. The Morgan fingerprint density at radius 3 is 2.57 bits per heavy atom. The van der Waals surface area contributed by atoms with Crippen molar-refractivity contribution in [3.8, 4) is 5.75 Å². The van der Waals surface area contributed by atoms with E-state index in [0.29, 0.717) is 5.95 Å². The van der Waals surface area contributed by atoms with E-state index in [1.54, 1.807) is 13.3 Å². The van der Waals surface area contributed by atoms with E-state index in [1.807, 2.05) is 26.2 Å². The van der Waals surface area contributed by atoms with Crippen LogP contribution in [-0.4, -0.2) is 60.9 Å². The van der Waals surface area contributed by atoms with Gasteiger partial charge in [-0.05, 0) is 38.2 Å². The molecule has 0 spiro atoms. The van der Waals surface area contributed by atoms with Crippen LogP contribution in [0.1, 0.15) is 5.56 Å². The molecule has 2 aromatic rings.